The van der Waals surface area contributed by atoms with Crippen molar-refractivity contribution in [3.8, 4) is 5.40 Å². The van der Waals surface area contributed by atoms with Crippen LogP contribution in [0.2, 0.25) is 0 Å². The minimum Gasteiger partial charge on any atom is -0.696 e. The van der Waals surface area contributed by atoms with Gasteiger partial charge in [0.25, 0.3) is 0 Å². The van der Waals surface area contributed by atoms with E-state index in [1.807, 2.05) is 0 Å². The summed E-state index contributed by atoms with van der Waals surface area (Å²) in [6, 6.07) is 0. The minimum absolute atomic E-state index is 1.33. The van der Waals surface area contributed by atoms with Crippen molar-refractivity contribution in [1.29, 1.82) is 5.26 Å². The number of hydrogen-bond acceptors (Lipinski definition) is 2. The van der Waals surface area contributed by atoms with E-state index in [0.717, 1.165) is 0 Å². The maximum atomic E-state index is 7.13. The van der Waals surface area contributed by atoms with Crippen molar-refractivity contribution in [1.82, 2.24) is 0 Å². The molecular weight excluding hydrogens is 118 g/mol. The molecule has 0 aliphatic heterocycles. The van der Waals surface area contributed by atoms with Crippen LogP contribution in [0.4, 0.5) is 0 Å². The lowest BCUT2D eigenvalue weighted by Gasteiger charge is -1.67. The van der Waals surface area contributed by atoms with Gasteiger partial charge in [0.2, 0.25) is 0 Å². The van der Waals surface area contributed by atoms with Crippen LogP contribution in [0.25, 0.3) is 0 Å². The van der Waals surface area contributed by atoms with E-state index in [2.05, 4.69) is 12.6 Å². The summed E-state index contributed by atoms with van der Waals surface area (Å²) in [5, 5.41) is 8.47. The first kappa shape index (κ1) is 7.71. The lowest BCUT2D eigenvalue weighted by Crippen LogP contribution is -1.47. The molecular formula is C6H10NS-. The first-order valence-electron chi connectivity index (χ1n) is 2.93. The normalized spacial score (nSPS) is 15.9. The Morgan fingerprint density at radius 1 is 1.00 bits per heavy atom. The topological polar surface area (TPSA) is 23.8 Å². The van der Waals surface area contributed by atoms with Gasteiger partial charge in [-0.15, -0.1) is 0 Å². The van der Waals surface area contributed by atoms with Crippen LogP contribution in [0, 0.1) is 10.7 Å². The van der Waals surface area contributed by atoms with E-state index in [1.54, 1.807) is 0 Å². The molecule has 0 aromatic rings. The predicted molar refractivity (Wildman–Crippen MR) is 36.1 cm³/mol. The SMILES string of the molecule is C1CCCC1.N#C[S-]. The van der Waals surface area contributed by atoms with Crippen LogP contribution in [0.3, 0.4) is 0 Å². The summed E-state index contributed by atoms with van der Waals surface area (Å²) in [5.41, 5.74) is 0. The summed E-state index contributed by atoms with van der Waals surface area (Å²) in [5.74, 6) is 0. The average molecular weight is 128 g/mol. The molecule has 0 atom stereocenters. The standard InChI is InChI=1S/C5H10.CHNS/c1-2-4-5-3-1;2-1-3/h1-5H2;3H/p-1. The Kier molecular flexibility index (Phi) is 6.47. The van der Waals surface area contributed by atoms with Gasteiger partial charge in [-0.05, 0) is 0 Å². The summed E-state index contributed by atoms with van der Waals surface area (Å²) in [7, 11) is 0. The highest BCUT2D eigenvalue weighted by Gasteiger charge is 1.95. The van der Waals surface area contributed by atoms with Crippen molar-refractivity contribution < 1.29 is 0 Å². The van der Waals surface area contributed by atoms with Gasteiger partial charge in [-0.1, -0.05) is 37.5 Å². The van der Waals surface area contributed by atoms with Gasteiger partial charge in [-0.25, -0.2) is 5.26 Å². The summed E-state index contributed by atoms with van der Waals surface area (Å²) < 4.78 is 0. The second-order valence-corrected chi connectivity index (χ2v) is 2.04. The molecule has 1 fully saturated rings. The largest absolute Gasteiger partial charge is 0.696 e. The quantitative estimate of drug-likeness (QED) is 0.368. The first-order valence-corrected chi connectivity index (χ1v) is 3.34. The number of nitriles is 1. The Bertz CT molecular complexity index is 63.5. The van der Waals surface area contributed by atoms with Crippen LogP contribution in [0.1, 0.15) is 32.1 Å². The third-order valence-electron chi connectivity index (χ3n) is 1.25. The molecule has 1 rings (SSSR count). The fourth-order valence-corrected chi connectivity index (χ4v) is 0.884. The van der Waals surface area contributed by atoms with Crippen LogP contribution in [-0.2, 0) is 12.6 Å². The van der Waals surface area contributed by atoms with Gasteiger partial charge in [0.05, 0.1) is 0 Å². The molecule has 0 unspecified atom stereocenters. The zero-order chi connectivity index (χ0) is 6.24. The molecule has 0 heterocycles. The van der Waals surface area contributed by atoms with Crippen molar-refractivity contribution >= 4 is 12.6 Å². The Labute approximate surface area is 56.1 Å². The fourth-order valence-electron chi connectivity index (χ4n) is 0.884. The van der Waals surface area contributed by atoms with Gasteiger partial charge in [-0.3, -0.25) is 0 Å². The van der Waals surface area contributed by atoms with E-state index in [-0.39, 0.29) is 0 Å². The van der Waals surface area contributed by atoms with Crippen LogP contribution >= 0.6 is 0 Å². The zero-order valence-electron chi connectivity index (χ0n) is 4.89. The summed E-state index contributed by atoms with van der Waals surface area (Å²) in [6.07, 6.45) is 7.50. The van der Waals surface area contributed by atoms with E-state index in [0.29, 0.717) is 0 Å². The second kappa shape index (κ2) is 6.71. The summed E-state index contributed by atoms with van der Waals surface area (Å²) >= 11 is 3.70. The maximum absolute atomic E-state index is 7.13. The lowest BCUT2D eigenvalue weighted by atomic mass is 10.4. The molecule has 0 bridgehead atoms. The van der Waals surface area contributed by atoms with Crippen LogP contribution in [0.5, 0.6) is 0 Å². The smallest absolute Gasteiger partial charge is 0.0533 e. The van der Waals surface area contributed by atoms with Gasteiger partial charge < -0.3 is 12.6 Å². The van der Waals surface area contributed by atoms with E-state index in [4.69, 9.17) is 5.26 Å². The Morgan fingerprint density at radius 3 is 1.25 bits per heavy atom. The van der Waals surface area contributed by atoms with Crippen LogP contribution in [0.15, 0.2) is 0 Å². The molecule has 1 aliphatic rings. The number of nitrogens with zero attached hydrogens (tertiary/aromatic N) is 1. The Hall–Kier alpha value is -0.290. The van der Waals surface area contributed by atoms with Crippen molar-refractivity contribution in [2.45, 2.75) is 32.1 Å². The third-order valence-corrected chi connectivity index (χ3v) is 1.25. The second-order valence-electron chi connectivity index (χ2n) is 1.86. The summed E-state index contributed by atoms with van der Waals surface area (Å²) in [4.78, 5) is 0. The van der Waals surface area contributed by atoms with Gasteiger partial charge in [0.15, 0.2) is 0 Å². The molecule has 46 valence electrons. The van der Waals surface area contributed by atoms with Crippen molar-refractivity contribution in [2.75, 3.05) is 0 Å². The molecule has 1 nitrogen and oxygen atoms in total. The fraction of sp³-hybridized carbons (Fsp3) is 0.833. The maximum Gasteiger partial charge on any atom is -0.0533 e. The van der Waals surface area contributed by atoms with E-state index in [1.165, 1.54) is 37.5 Å². The highest BCUT2D eigenvalue weighted by Crippen LogP contribution is 2.15. The van der Waals surface area contributed by atoms with Gasteiger partial charge in [-0.2, -0.15) is 0 Å². The number of rotatable bonds is 0. The van der Waals surface area contributed by atoms with Gasteiger partial charge >= 0.3 is 0 Å². The third kappa shape index (κ3) is 5.71. The zero-order valence-corrected chi connectivity index (χ0v) is 5.71. The van der Waals surface area contributed by atoms with Gasteiger partial charge in [0.1, 0.15) is 0 Å². The molecule has 1 saturated carbocycles. The molecule has 8 heavy (non-hydrogen) atoms. The molecule has 0 N–H and O–H groups in total. The molecule has 0 spiro atoms. The monoisotopic (exact) mass is 128 g/mol. The van der Waals surface area contributed by atoms with Crippen molar-refractivity contribution in [3.63, 3.8) is 0 Å². The van der Waals surface area contributed by atoms with Gasteiger partial charge in [0, 0.05) is 0 Å². The Morgan fingerprint density at radius 2 is 1.12 bits per heavy atom. The van der Waals surface area contributed by atoms with Crippen LogP contribution < -0.4 is 0 Å². The number of hydrogen-bond donors (Lipinski definition) is 0. The minimum atomic E-state index is 1.33. The molecule has 2 heteroatoms. The van der Waals surface area contributed by atoms with E-state index >= 15 is 0 Å². The summed E-state index contributed by atoms with van der Waals surface area (Å²) in [6.45, 7) is 0. The van der Waals surface area contributed by atoms with E-state index < -0.39 is 0 Å². The predicted octanol–water partition coefficient (Wildman–Crippen LogP) is 1.96. The van der Waals surface area contributed by atoms with Crippen molar-refractivity contribution in [2.24, 2.45) is 0 Å². The molecule has 0 saturated heterocycles. The van der Waals surface area contributed by atoms with Crippen molar-refractivity contribution in [3.05, 3.63) is 0 Å². The first-order chi connectivity index (χ1) is 3.91. The van der Waals surface area contributed by atoms with Crippen LogP contribution in [-0.4, -0.2) is 0 Å². The molecule has 1 aliphatic carbocycles. The molecule has 0 aromatic carbocycles. The highest BCUT2D eigenvalue weighted by molar-refractivity contribution is 7.64. The average Bonchev–Trinajstić information content (AvgIpc) is 2.17. The molecule has 0 aromatic heterocycles. The Balaban J connectivity index is 0.000000145. The molecule has 0 radical (unpaired) electrons. The molecule has 0 amide bonds. The lowest BCUT2D eigenvalue weighted by molar-refractivity contribution is 0.886. The number of thiocyanates is 1. The highest BCUT2D eigenvalue weighted by atomic mass is 32.1. The van der Waals surface area contributed by atoms with E-state index in [9.17, 15) is 0 Å².